The summed E-state index contributed by atoms with van der Waals surface area (Å²) < 4.78 is 0. The highest BCUT2D eigenvalue weighted by atomic mass is 15.0. The average Bonchev–Trinajstić information content (AvgIpc) is 3.03. The molecular weight excluding hydrogens is 184 g/mol. The molecule has 1 aliphatic carbocycles. The minimum Gasteiger partial charge on any atom is -0.383 e. The molecule has 3 rings (SSSR count). The second kappa shape index (κ2) is 3.44. The number of hydrogen-bond donors (Lipinski definition) is 2. The zero-order valence-corrected chi connectivity index (χ0v) is 9.22. The lowest BCUT2D eigenvalue weighted by Gasteiger charge is -2.16. The van der Waals surface area contributed by atoms with Crippen molar-refractivity contribution < 1.29 is 0 Å². The maximum atomic E-state index is 3.70. The maximum Gasteiger partial charge on any atom is 0.0580 e. The van der Waals surface area contributed by atoms with E-state index in [1.165, 1.54) is 36.2 Å². The SMILES string of the molecule is Cc1ccc2c(c1)NC(C1CC1)CCN2. The normalized spacial score (nSPS) is 24.7. The van der Waals surface area contributed by atoms with Crippen molar-refractivity contribution in [3.63, 3.8) is 0 Å². The van der Waals surface area contributed by atoms with Crippen LogP contribution < -0.4 is 10.6 Å². The van der Waals surface area contributed by atoms with Gasteiger partial charge in [-0.2, -0.15) is 0 Å². The molecule has 2 nitrogen and oxygen atoms in total. The van der Waals surface area contributed by atoms with E-state index in [2.05, 4.69) is 35.8 Å². The second-order valence-corrected chi connectivity index (χ2v) is 4.85. The molecular formula is C13H18N2. The molecule has 1 aromatic rings. The molecule has 2 aliphatic rings. The van der Waals surface area contributed by atoms with Crippen molar-refractivity contribution in [2.75, 3.05) is 17.2 Å². The molecule has 0 saturated heterocycles. The average molecular weight is 202 g/mol. The van der Waals surface area contributed by atoms with Crippen molar-refractivity contribution in [2.24, 2.45) is 5.92 Å². The topological polar surface area (TPSA) is 24.1 Å². The van der Waals surface area contributed by atoms with Gasteiger partial charge in [-0.15, -0.1) is 0 Å². The molecule has 0 amide bonds. The molecule has 0 bridgehead atoms. The monoisotopic (exact) mass is 202 g/mol. The molecule has 1 atom stereocenters. The molecule has 0 aromatic heterocycles. The van der Waals surface area contributed by atoms with E-state index in [9.17, 15) is 0 Å². The van der Waals surface area contributed by atoms with Crippen molar-refractivity contribution in [3.8, 4) is 0 Å². The van der Waals surface area contributed by atoms with E-state index in [0.29, 0.717) is 6.04 Å². The van der Waals surface area contributed by atoms with Crippen molar-refractivity contribution in [1.82, 2.24) is 0 Å². The summed E-state index contributed by atoms with van der Waals surface area (Å²) in [5, 5.41) is 7.20. The van der Waals surface area contributed by atoms with Gasteiger partial charge in [-0.05, 0) is 49.8 Å². The highest BCUT2D eigenvalue weighted by Crippen LogP contribution is 2.38. The first-order valence-corrected chi connectivity index (χ1v) is 5.94. The molecule has 1 unspecified atom stereocenters. The summed E-state index contributed by atoms with van der Waals surface area (Å²) in [6, 6.07) is 7.31. The van der Waals surface area contributed by atoms with Gasteiger partial charge in [-0.1, -0.05) is 6.07 Å². The third-order valence-corrected chi connectivity index (χ3v) is 3.48. The third kappa shape index (κ3) is 1.81. The van der Waals surface area contributed by atoms with Gasteiger partial charge in [0.15, 0.2) is 0 Å². The van der Waals surface area contributed by atoms with Crippen molar-refractivity contribution in [2.45, 2.75) is 32.2 Å². The standard InChI is InChI=1S/C13H18N2/c1-9-2-5-12-13(8-9)15-11(6-7-14-12)10-3-4-10/h2,5,8,10-11,14-15H,3-4,6-7H2,1H3. The molecule has 2 heteroatoms. The highest BCUT2D eigenvalue weighted by Gasteiger charge is 2.32. The van der Waals surface area contributed by atoms with Crippen LogP contribution in [0.3, 0.4) is 0 Å². The third-order valence-electron chi connectivity index (χ3n) is 3.48. The number of fused-ring (bicyclic) bond motifs is 1. The van der Waals surface area contributed by atoms with Crippen molar-refractivity contribution in [3.05, 3.63) is 23.8 Å². The Morgan fingerprint density at radius 3 is 2.80 bits per heavy atom. The Kier molecular flexibility index (Phi) is 2.08. The van der Waals surface area contributed by atoms with Crippen LogP contribution in [0.4, 0.5) is 11.4 Å². The summed E-state index contributed by atoms with van der Waals surface area (Å²) >= 11 is 0. The van der Waals surface area contributed by atoms with Crippen molar-refractivity contribution in [1.29, 1.82) is 0 Å². The van der Waals surface area contributed by atoms with Crippen LogP contribution in [0.15, 0.2) is 18.2 Å². The Labute approximate surface area is 91.1 Å². The van der Waals surface area contributed by atoms with Gasteiger partial charge >= 0.3 is 0 Å². The summed E-state index contributed by atoms with van der Waals surface area (Å²) in [7, 11) is 0. The van der Waals surface area contributed by atoms with E-state index in [0.717, 1.165) is 12.5 Å². The van der Waals surface area contributed by atoms with Crippen LogP contribution in [0, 0.1) is 12.8 Å². The minimum absolute atomic E-state index is 0.695. The van der Waals surface area contributed by atoms with Gasteiger partial charge in [0.05, 0.1) is 11.4 Å². The van der Waals surface area contributed by atoms with Gasteiger partial charge in [-0.3, -0.25) is 0 Å². The van der Waals surface area contributed by atoms with Crippen molar-refractivity contribution >= 4 is 11.4 Å². The Morgan fingerprint density at radius 1 is 1.13 bits per heavy atom. The first kappa shape index (κ1) is 9.08. The highest BCUT2D eigenvalue weighted by molar-refractivity contribution is 5.70. The van der Waals surface area contributed by atoms with E-state index in [1.807, 2.05) is 0 Å². The summed E-state index contributed by atoms with van der Waals surface area (Å²) in [4.78, 5) is 0. The van der Waals surface area contributed by atoms with Crippen LogP contribution in [0.2, 0.25) is 0 Å². The molecule has 80 valence electrons. The minimum atomic E-state index is 0.695. The molecule has 1 saturated carbocycles. The zero-order chi connectivity index (χ0) is 10.3. The van der Waals surface area contributed by atoms with Crippen LogP contribution >= 0.6 is 0 Å². The Bertz CT molecular complexity index is 369. The van der Waals surface area contributed by atoms with Gasteiger partial charge in [-0.25, -0.2) is 0 Å². The van der Waals surface area contributed by atoms with Crippen LogP contribution in [0.25, 0.3) is 0 Å². The number of rotatable bonds is 1. The predicted octanol–water partition coefficient (Wildman–Crippen LogP) is 3.00. The lowest BCUT2D eigenvalue weighted by atomic mass is 10.1. The fourth-order valence-electron chi connectivity index (χ4n) is 2.42. The summed E-state index contributed by atoms with van der Waals surface area (Å²) in [6.45, 7) is 3.25. The first-order chi connectivity index (χ1) is 7.33. The van der Waals surface area contributed by atoms with Gasteiger partial charge < -0.3 is 10.6 Å². The lowest BCUT2D eigenvalue weighted by Crippen LogP contribution is -2.21. The number of benzene rings is 1. The lowest BCUT2D eigenvalue weighted by molar-refractivity contribution is 0.609. The largest absolute Gasteiger partial charge is 0.383 e. The first-order valence-electron chi connectivity index (χ1n) is 5.94. The molecule has 0 radical (unpaired) electrons. The van der Waals surface area contributed by atoms with Crippen LogP contribution in [-0.4, -0.2) is 12.6 Å². The summed E-state index contributed by atoms with van der Waals surface area (Å²) in [6.07, 6.45) is 4.08. The molecule has 1 fully saturated rings. The number of anilines is 2. The molecule has 2 N–H and O–H groups in total. The molecule has 1 aliphatic heterocycles. The molecule has 1 heterocycles. The smallest absolute Gasteiger partial charge is 0.0580 e. The van der Waals surface area contributed by atoms with Gasteiger partial charge in [0, 0.05) is 12.6 Å². The Hall–Kier alpha value is -1.18. The maximum absolute atomic E-state index is 3.70. The van der Waals surface area contributed by atoms with Crippen LogP contribution in [0.1, 0.15) is 24.8 Å². The zero-order valence-electron chi connectivity index (χ0n) is 9.22. The molecule has 1 aromatic carbocycles. The quantitative estimate of drug-likeness (QED) is 0.731. The number of aryl methyl sites for hydroxylation is 1. The number of hydrogen-bond acceptors (Lipinski definition) is 2. The van der Waals surface area contributed by atoms with E-state index in [1.54, 1.807) is 0 Å². The predicted molar refractivity (Wildman–Crippen MR) is 64.4 cm³/mol. The van der Waals surface area contributed by atoms with Crippen LogP contribution in [-0.2, 0) is 0 Å². The second-order valence-electron chi connectivity index (χ2n) is 4.85. The molecule has 15 heavy (non-hydrogen) atoms. The Morgan fingerprint density at radius 2 is 2.00 bits per heavy atom. The summed E-state index contributed by atoms with van der Waals surface area (Å²) in [5.74, 6) is 0.929. The summed E-state index contributed by atoms with van der Waals surface area (Å²) in [5.41, 5.74) is 3.90. The van der Waals surface area contributed by atoms with E-state index in [-0.39, 0.29) is 0 Å². The van der Waals surface area contributed by atoms with Gasteiger partial charge in [0.25, 0.3) is 0 Å². The van der Waals surface area contributed by atoms with Gasteiger partial charge in [0.1, 0.15) is 0 Å². The fraction of sp³-hybridized carbons (Fsp3) is 0.538. The molecule has 0 spiro atoms. The Balaban J connectivity index is 1.89. The van der Waals surface area contributed by atoms with Gasteiger partial charge in [0.2, 0.25) is 0 Å². The van der Waals surface area contributed by atoms with E-state index >= 15 is 0 Å². The fourth-order valence-corrected chi connectivity index (χ4v) is 2.42. The van der Waals surface area contributed by atoms with Crippen LogP contribution in [0.5, 0.6) is 0 Å². The van der Waals surface area contributed by atoms with E-state index in [4.69, 9.17) is 0 Å². The number of nitrogens with one attached hydrogen (secondary N) is 2. The van der Waals surface area contributed by atoms with E-state index < -0.39 is 0 Å².